The van der Waals surface area contributed by atoms with Gasteiger partial charge in [-0.15, -0.1) is 0 Å². The monoisotopic (exact) mass is 2040 g/mol. The van der Waals surface area contributed by atoms with E-state index >= 15 is 0 Å². The van der Waals surface area contributed by atoms with Crippen molar-refractivity contribution in [3.63, 3.8) is 0 Å². The number of rotatable bonds is 39. The third-order valence-corrected chi connectivity index (χ3v) is 37.6. The highest BCUT2D eigenvalue weighted by atomic mass is 16.5. The highest BCUT2D eigenvalue weighted by molar-refractivity contribution is 5.87. The molecule has 5 saturated heterocycles. The van der Waals surface area contributed by atoms with Crippen LogP contribution in [0.5, 0.6) is 0 Å². The second kappa shape index (κ2) is 51.7. The molecule has 10 fully saturated rings. The molecule has 0 radical (unpaired) electrons. The first kappa shape index (κ1) is 112. The molecule has 5 aromatic rings. The van der Waals surface area contributed by atoms with E-state index in [1.165, 1.54) is 106 Å². The average Bonchev–Trinajstić information content (AvgIpc) is 1.59. The molecule has 5 N–H and O–H groups in total. The number of ether oxygens (including phenoxy) is 4. The maximum absolute atomic E-state index is 13.1. The number of carbonyl (C=O) groups excluding carboxylic acids is 5. The van der Waals surface area contributed by atoms with Gasteiger partial charge in [0.2, 0.25) is 29.5 Å². The highest BCUT2D eigenvalue weighted by Gasteiger charge is 2.55. The highest BCUT2D eigenvalue weighted by Crippen LogP contribution is 2.57. The molecule has 20 rings (SSSR count). The number of amides is 5. The van der Waals surface area contributed by atoms with Crippen molar-refractivity contribution in [3.8, 4) is 0 Å². The molecule has 5 aromatic heterocycles. The van der Waals surface area contributed by atoms with Crippen LogP contribution >= 0.6 is 0 Å². The van der Waals surface area contributed by atoms with Crippen LogP contribution in [0, 0.1) is 27.1 Å². The van der Waals surface area contributed by atoms with E-state index in [2.05, 4.69) is 152 Å². The Balaban J connectivity index is 0.000000131. The van der Waals surface area contributed by atoms with Crippen LogP contribution in [0.3, 0.4) is 0 Å². The third kappa shape index (κ3) is 25.3. The molecule has 0 unspecified atom stereocenters. The van der Waals surface area contributed by atoms with Crippen molar-refractivity contribution in [3.05, 3.63) is 84.8 Å². The van der Waals surface area contributed by atoms with Gasteiger partial charge in [0.1, 0.15) is 0 Å². The lowest BCUT2D eigenvalue weighted by Crippen LogP contribution is -2.40. The molecule has 10 aliphatic heterocycles. The summed E-state index contributed by atoms with van der Waals surface area (Å²) in [4.78, 5) is 87.3. The van der Waals surface area contributed by atoms with Crippen molar-refractivity contribution < 1.29 is 42.9 Å². The van der Waals surface area contributed by atoms with Crippen LogP contribution in [0.15, 0.2) is 0 Å². The lowest BCUT2D eigenvalue weighted by molar-refractivity contribution is -0.139. The molecule has 5 spiro atoms. The number of aryl methyl sites for hydroxylation is 3. The Labute approximate surface area is 880 Å². The van der Waals surface area contributed by atoms with Crippen molar-refractivity contribution in [2.75, 3.05) is 235 Å². The topological polar surface area (TPSA) is 304 Å². The molecule has 15 aliphatic rings. The SMILES string of the molecule is CCN1CCC2(CCC(c3c(CN(C)CCNC)nn4c3CCC4)CC2)C1=O.CCN1CCC2(CCC(c3c(CN(C)CCNC)nn4c3COCC4)CC2)C1=O.CNCCN(C)Cc1nn2c(c1C1CCC3(CC1)CCN(C(C)C)C3=O)CCC2.CNCCN(C)Cc1nn2c(c1C1CCC3(CC1)CCN(CCOC)C3=O)CCC2.CNCCN(C)Cc1nn2c(c1C1CCC3(CC1)CCN(CCOC)C3=O)COCC2. The smallest absolute Gasteiger partial charge is 0.229 e. The van der Waals surface area contributed by atoms with Crippen LogP contribution in [0.25, 0.3) is 0 Å². The molecular formula is C113H191N25O9. The number of likely N-dealkylation sites (tertiary alicyclic amines) is 5. The molecule has 5 saturated carbocycles. The third-order valence-electron chi connectivity index (χ3n) is 37.6. The van der Waals surface area contributed by atoms with Gasteiger partial charge in [0.05, 0.1) is 120 Å². The maximum atomic E-state index is 13.1. The predicted octanol–water partition coefficient (Wildman–Crippen LogP) is 10.7. The number of nitrogens with zero attached hydrogens (tertiary/aromatic N) is 20. The van der Waals surface area contributed by atoms with E-state index in [0.29, 0.717) is 91.6 Å². The zero-order valence-electron chi connectivity index (χ0n) is 93.8. The Morgan fingerprint density at radius 2 is 0.565 bits per heavy atom. The van der Waals surface area contributed by atoms with Crippen LogP contribution in [0.2, 0.25) is 0 Å². The number of hydrogen-bond donors (Lipinski definition) is 5. The Morgan fingerprint density at radius 1 is 0.327 bits per heavy atom. The zero-order valence-corrected chi connectivity index (χ0v) is 93.8. The average molecular weight is 2040 g/mol. The molecule has 0 aromatic carbocycles. The molecule has 34 heteroatoms. The number of nitrogens with one attached hydrogen (secondary N) is 5. The predicted molar refractivity (Wildman–Crippen MR) is 576 cm³/mol. The fraction of sp³-hybridized carbons (Fsp3) is 0.823. The minimum atomic E-state index is -0.141. The minimum Gasteiger partial charge on any atom is -0.383 e. The van der Waals surface area contributed by atoms with Crippen LogP contribution < -0.4 is 26.6 Å². The van der Waals surface area contributed by atoms with Crippen molar-refractivity contribution in [2.45, 2.75) is 341 Å². The van der Waals surface area contributed by atoms with Crippen molar-refractivity contribution in [1.82, 2.24) is 124 Å². The first-order chi connectivity index (χ1) is 71.3. The van der Waals surface area contributed by atoms with Gasteiger partial charge in [-0.3, -0.25) is 71.9 Å². The van der Waals surface area contributed by atoms with Gasteiger partial charge in [0.25, 0.3) is 0 Å². The lowest BCUT2D eigenvalue weighted by Gasteiger charge is -2.36. The Bertz CT molecular complexity index is 5090. The van der Waals surface area contributed by atoms with Gasteiger partial charge in [0, 0.05) is 242 Å². The summed E-state index contributed by atoms with van der Waals surface area (Å²) in [6.07, 6.45) is 33.8. The standard InChI is InChI=1S/C23H39N5O3.C23H39N5O2.C23H39N5O.C22H37N5O2.C22H37N5O/c1-24-9-11-26(2)16-19-21(20-17-31-15-13-28(20)25-19)18-4-6-23(7-5-18)8-10-27(22(23)29)12-14-30-3;1-24-11-14-26(2)17-19-21(20-5-4-12-28(20)25-19)18-6-8-23(9-7-18)10-13-27(22(23)29)15-16-30-3;1-17(2)27-14-11-23(22(27)29)9-7-18(8-10-23)21-19(16-26(4)15-12-24-3)25-28-13-5-6-20(21)28;1-4-26-11-9-22(21(26)28)7-5-17(6-8-22)20-18(15-25(3)12-10-23-2)24-27-13-14-29-16-19(20)27;1-4-26-14-11-22(21(26)28)9-7-17(8-10-22)20-18(16-25(3)15-12-23-2)24-27-13-5-6-19(20)27/h18,24H,4-17H2,1-3H3;18,24H,4-17H2,1-3H3;17-18,24H,5-16H2,1-4H3;17,23H,4-16H2,1-3H3;17,23H,4-16H2,1-3H3. The molecule has 0 bridgehead atoms. The fourth-order valence-corrected chi connectivity index (χ4v) is 28.8. The largest absolute Gasteiger partial charge is 0.383 e. The quantitative estimate of drug-likeness (QED) is 0.0244. The van der Waals surface area contributed by atoms with E-state index in [9.17, 15) is 24.0 Å². The van der Waals surface area contributed by atoms with E-state index in [0.717, 1.165) is 370 Å². The van der Waals surface area contributed by atoms with Crippen LogP contribution in [0.4, 0.5) is 0 Å². The van der Waals surface area contributed by atoms with E-state index in [-0.39, 0.29) is 27.1 Å². The van der Waals surface area contributed by atoms with E-state index < -0.39 is 0 Å². The van der Waals surface area contributed by atoms with Gasteiger partial charge in [0.15, 0.2) is 0 Å². The first-order valence-electron chi connectivity index (χ1n) is 58.0. The zero-order chi connectivity index (χ0) is 104. The normalized spacial score (nSPS) is 26.8. The van der Waals surface area contributed by atoms with Crippen LogP contribution in [-0.2, 0) is 141 Å². The maximum Gasteiger partial charge on any atom is 0.229 e. The summed E-state index contributed by atoms with van der Waals surface area (Å²) in [5.41, 5.74) is 20.3. The second-order valence-electron chi connectivity index (χ2n) is 47.2. The van der Waals surface area contributed by atoms with E-state index in [1.54, 1.807) is 25.3 Å². The molecule has 5 aliphatic carbocycles. The Hall–Kier alpha value is -7.16. The van der Waals surface area contributed by atoms with Crippen LogP contribution in [-0.4, -0.2) is 369 Å². The summed E-state index contributed by atoms with van der Waals surface area (Å²) in [5.74, 6) is 4.71. The molecule has 147 heavy (non-hydrogen) atoms. The molecule has 822 valence electrons. The minimum absolute atomic E-state index is 0.0490. The van der Waals surface area contributed by atoms with Gasteiger partial charge < -0.3 is 70.0 Å². The van der Waals surface area contributed by atoms with Crippen LogP contribution in [0.1, 0.15) is 322 Å². The number of likely N-dealkylation sites (N-methyl/N-ethyl adjacent to an activating group) is 10. The summed E-state index contributed by atoms with van der Waals surface area (Å²) in [7, 11) is 24.3. The summed E-state index contributed by atoms with van der Waals surface area (Å²) in [5, 5.41) is 41.3. The number of hydrogen-bond acceptors (Lipinski definition) is 24. The van der Waals surface area contributed by atoms with Gasteiger partial charge in [-0.2, -0.15) is 25.5 Å². The number of aromatic nitrogens is 10. The fourth-order valence-electron chi connectivity index (χ4n) is 28.8. The van der Waals surface area contributed by atoms with Crippen molar-refractivity contribution in [1.29, 1.82) is 0 Å². The number of fused-ring (bicyclic) bond motifs is 5. The molecule has 5 amide bonds. The summed E-state index contributed by atoms with van der Waals surface area (Å²) in [6, 6.07) is 0.332. The van der Waals surface area contributed by atoms with Gasteiger partial charge in [-0.1, -0.05) is 0 Å². The Morgan fingerprint density at radius 3 is 0.803 bits per heavy atom. The van der Waals surface area contributed by atoms with Crippen molar-refractivity contribution >= 4 is 29.5 Å². The van der Waals surface area contributed by atoms with Gasteiger partial charge >= 0.3 is 0 Å². The molecule has 15 heterocycles. The number of methoxy groups -OCH3 is 2. The molecular weight excluding hydrogens is 1850 g/mol. The van der Waals surface area contributed by atoms with Gasteiger partial charge in [-0.25, -0.2) is 0 Å². The van der Waals surface area contributed by atoms with E-state index in [4.69, 9.17) is 44.4 Å². The van der Waals surface area contributed by atoms with E-state index in [1.807, 2.05) is 45.0 Å². The first-order valence-corrected chi connectivity index (χ1v) is 58.0. The summed E-state index contributed by atoms with van der Waals surface area (Å²) >= 11 is 0. The van der Waals surface area contributed by atoms with Crippen molar-refractivity contribution in [2.24, 2.45) is 27.1 Å². The van der Waals surface area contributed by atoms with Gasteiger partial charge in [-0.05, 0) is 327 Å². The summed E-state index contributed by atoms with van der Waals surface area (Å²) in [6.45, 7) is 39.8. The second-order valence-corrected chi connectivity index (χ2v) is 47.2. The summed E-state index contributed by atoms with van der Waals surface area (Å²) < 4.78 is 33.2. The molecule has 34 nitrogen and oxygen atoms in total. The lowest BCUT2D eigenvalue weighted by atomic mass is 9.67. The molecule has 0 atom stereocenters. The Kier molecular flexibility index (Phi) is 39.6. The number of carbonyl (C=O) groups is 5.